The van der Waals surface area contributed by atoms with Crippen molar-refractivity contribution in [1.82, 2.24) is 5.16 Å². The number of hydrogen-bond acceptors (Lipinski definition) is 5. The molecule has 106 valence electrons. The summed E-state index contributed by atoms with van der Waals surface area (Å²) >= 11 is 0. The molecule has 2 aromatic rings. The first-order valence-corrected chi connectivity index (χ1v) is 6.41. The first-order chi connectivity index (χ1) is 9.40. The molecule has 0 aliphatic carbocycles. The molecule has 0 saturated carbocycles. The Morgan fingerprint density at radius 3 is 2.60 bits per heavy atom. The van der Waals surface area contributed by atoms with Crippen LogP contribution in [0.25, 0.3) is 11.1 Å². The van der Waals surface area contributed by atoms with Gasteiger partial charge in [-0.25, -0.2) is 4.79 Å². The summed E-state index contributed by atoms with van der Waals surface area (Å²) in [6, 6.07) is 5.00. The number of carbonyl (C=O) groups excluding carboxylic acids is 1. The molecule has 1 unspecified atom stereocenters. The van der Waals surface area contributed by atoms with Crippen LogP contribution in [0, 0.1) is 20.8 Å². The number of carbonyl (C=O) groups is 1. The molecule has 20 heavy (non-hydrogen) atoms. The highest BCUT2D eigenvalue weighted by molar-refractivity contribution is 5.79. The number of nitrogens with two attached hydrogens (primary N) is 1. The Kier molecular flexibility index (Phi) is 3.90. The maximum absolute atomic E-state index is 11.6. The molecule has 1 aromatic carbocycles. The number of benzene rings is 1. The van der Waals surface area contributed by atoms with E-state index in [1.807, 2.05) is 39.0 Å². The second kappa shape index (κ2) is 5.46. The topological polar surface area (TPSA) is 78.4 Å². The van der Waals surface area contributed by atoms with Crippen LogP contribution in [-0.4, -0.2) is 17.2 Å². The molecular weight excluding hydrogens is 256 g/mol. The van der Waals surface area contributed by atoms with Crippen LogP contribution in [0.15, 0.2) is 22.7 Å². The molecule has 2 rings (SSSR count). The molecule has 0 saturated heterocycles. The average molecular weight is 274 g/mol. The minimum absolute atomic E-state index is 0.455. The molecule has 0 radical (unpaired) electrons. The zero-order valence-corrected chi connectivity index (χ0v) is 12.1. The van der Waals surface area contributed by atoms with E-state index in [0.717, 1.165) is 28.1 Å². The third-order valence-electron chi connectivity index (χ3n) is 3.09. The van der Waals surface area contributed by atoms with Gasteiger partial charge in [-0.3, -0.25) is 0 Å². The highest BCUT2D eigenvalue weighted by atomic mass is 16.5. The summed E-state index contributed by atoms with van der Waals surface area (Å²) in [6.07, 6.45) is 0. The first kappa shape index (κ1) is 14.3. The second-order valence-electron chi connectivity index (χ2n) is 4.89. The van der Waals surface area contributed by atoms with Gasteiger partial charge < -0.3 is 15.0 Å². The first-order valence-electron chi connectivity index (χ1n) is 6.41. The van der Waals surface area contributed by atoms with Gasteiger partial charge in [-0.05, 0) is 44.9 Å². The van der Waals surface area contributed by atoms with E-state index in [4.69, 9.17) is 15.0 Å². The van der Waals surface area contributed by atoms with E-state index in [-0.39, 0.29) is 0 Å². The van der Waals surface area contributed by atoms with E-state index in [1.165, 1.54) is 0 Å². The van der Waals surface area contributed by atoms with E-state index < -0.39 is 12.0 Å². The number of ether oxygens (including phenoxy) is 1. The van der Waals surface area contributed by atoms with Crippen LogP contribution in [-0.2, 0) is 4.79 Å². The molecule has 0 aliphatic rings. The van der Waals surface area contributed by atoms with Crippen molar-refractivity contribution in [1.29, 1.82) is 0 Å². The fraction of sp³-hybridized carbons (Fsp3) is 0.333. The van der Waals surface area contributed by atoms with Gasteiger partial charge in [-0.2, -0.15) is 0 Å². The summed E-state index contributed by atoms with van der Waals surface area (Å²) in [5.74, 6) is 0.782. The fourth-order valence-electron chi connectivity index (χ4n) is 1.96. The van der Waals surface area contributed by atoms with Gasteiger partial charge in [-0.1, -0.05) is 17.3 Å². The number of aromatic nitrogens is 1. The molecule has 0 spiro atoms. The zero-order chi connectivity index (χ0) is 14.9. The lowest BCUT2D eigenvalue weighted by molar-refractivity contribution is -0.135. The normalized spacial score (nSPS) is 12.2. The van der Waals surface area contributed by atoms with Gasteiger partial charge >= 0.3 is 5.97 Å². The second-order valence-corrected chi connectivity index (χ2v) is 4.89. The zero-order valence-electron chi connectivity index (χ0n) is 12.1. The van der Waals surface area contributed by atoms with Gasteiger partial charge in [0.15, 0.2) is 0 Å². The predicted molar refractivity (Wildman–Crippen MR) is 75.4 cm³/mol. The molecule has 0 aliphatic heterocycles. The number of nitrogens with zero attached hydrogens (tertiary/aromatic N) is 1. The van der Waals surface area contributed by atoms with Gasteiger partial charge in [0, 0.05) is 5.56 Å². The molecule has 1 aromatic heterocycles. The molecule has 0 fully saturated rings. The molecule has 5 nitrogen and oxygen atoms in total. The lowest BCUT2D eigenvalue weighted by atomic mass is 10.0. The molecular formula is C15H18N2O3. The van der Waals surface area contributed by atoms with Crippen molar-refractivity contribution >= 4 is 5.97 Å². The summed E-state index contributed by atoms with van der Waals surface area (Å²) in [6.45, 7) is 7.19. The van der Waals surface area contributed by atoms with Crippen molar-refractivity contribution in [2.45, 2.75) is 33.7 Å². The van der Waals surface area contributed by atoms with E-state index in [0.29, 0.717) is 5.75 Å². The Labute approximate surface area is 117 Å². The summed E-state index contributed by atoms with van der Waals surface area (Å²) in [7, 11) is 0. The van der Waals surface area contributed by atoms with E-state index >= 15 is 0 Å². The Balaban J connectivity index is 2.41. The summed E-state index contributed by atoms with van der Waals surface area (Å²) in [5, 5.41) is 3.93. The number of esters is 1. The summed E-state index contributed by atoms with van der Waals surface area (Å²) in [4.78, 5) is 11.6. The third-order valence-corrected chi connectivity index (χ3v) is 3.09. The Hall–Kier alpha value is -2.14. The highest BCUT2D eigenvalue weighted by Crippen LogP contribution is 2.31. The SMILES string of the molecule is Cc1ccc(-c2c(C)noc2C)cc1OC(=O)C(C)N. The minimum atomic E-state index is -0.655. The molecule has 0 amide bonds. The largest absolute Gasteiger partial charge is 0.425 e. The van der Waals surface area contributed by atoms with E-state index in [2.05, 4.69) is 5.16 Å². The monoisotopic (exact) mass is 274 g/mol. The van der Waals surface area contributed by atoms with E-state index in [9.17, 15) is 4.79 Å². The molecule has 5 heteroatoms. The predicted octanol–water partition coefficient (Wildman–Crippen LogP) is 2.52. The van der Waals surface area contributed by atoms with Crippen molar-refractivity contribution in [3.05, 3.63) is 35.2 Å². The van der Waals surface area contributed by atoms with Crippen LogP contribution in [0.2, 0.25) is 0 Å². The van der Waals surface area contributed by atoms with E-state index in [1.54, 1.807) is 6.92 Å². The quantitative estimate of drug-likeness (QED) is 0.687. The van der Waals surface area contributed by atoms with Gasteiger partial charge in [0.2, 0.25) is 0 Å². The molecule has 2 N–H and O–H groups in total. The fourth-order valence-corrected chi connectivity index (χ4v) is 1.96. The standard InChI is InChI=1S/C15H18N2O3/c1-8-5-6-12(14-10(3)17-20-11(14)4)7-13(8)19-15(18)9(2)16/h5-7,9H,16H2,1-4H3. The van der Waals surface area contributed by atoms with Gasteiger partial charge in [-0.15, -0.1) is 0 Å². The van der Waals surface area contributed by atoms with Crippen molar-refractivity contribution < 1.29 is 14.1 Å². The maximum atomic E-state index is 11.6. The smallest absolute Gasteiger partial charge is 0.328 e. The number of aryl methyl sites for hydroxylation is 3. The Morgan fingerprint density at radius 2 is 2.05 bits per heavy atom. The van der Waals surface area contributed by atoms with Crippen molar-refractivity contribution in [3.63, 3.8) is 0 Å². The minimum Gasteiger partial charge on any atom is -0.425 e. The van der Waals surface area contributed by atoms with Gasteiger partial charge in [0.1, 0.15) is 17.6 Å². The summed E-state index contributed by atoms with van der Waals surface area (Å²) in [5.41, 5.74) is 9.01. The lowest BCUT2D eigenvalue weighted by Crippen LogP contribution is -2.31. The lowest BCUT2D eigenvalue weighted by Gasteiger charge is -2.11. The van der Waals surface area contributed by atoms with Crippen molar-refractivity contribution in [2.24, 2.45) is 5.73 Å². The van der Waals surface area contributed by atoms with Gasteiger partial charge in [0.25, 0.3) is 0 Å². The van der Waals surface area contributed by atoms with Gasteiger partial charge in [0.05, 0.1) is 5.69 Å². The molecule has 1 atom stereocenters. The Morgan fingerprint density at radius 1 is 1.35 bits per heavy atom. The molecule has 1 heterocycles. The van der Waals surface area contributed by atoms with Crippen LogP contribution < -0.4 is 10.5 Å². The Bertz CT molecular complexity index is 625. The maximum Gasteiger partial charge on any atom is 0.328 e. The van der Waals surface area contributed by atoms with Crippen molar-refractivity contribution in [3.8, 4) is 16.9 Å². The van der Waals surface area contributed by atoms with Crippen LogP contribution in [0.4, 0.5) is 0 Å². The third kappa shape index (κ3) is 2.72. The average Bonchev–Trinajstić information content (AvgIpc) is 2.72. The number of hydrogen-bond donors (Lipinski definition) is 1. The van der Waals surface area contributed by atoms with Crippen LogP contribution >= 0.6 is 0 Å². The molecule has 0 bridgehead atoms. The summed E-state index contributed by atoms with van der Waals surface area (Å²) < 4.78 is 10.5. The van der Waals surface area contributed by atoms with Crippen LogP contribution in [0.1, 0.15) is 23.9 Å². The highest BCUT2D eigenvalue weighted by Gasteiger charge is 2.16. The van der Waals surface area contributed by atoms with Crippen molar-refractivity contribution in [2.75, 3.05) is 0 Å². The van der Waals surface area contributed by atoms with Crippen LogP contribution in [0.5, 0.6) is 5.75 Å². The van der Waals surface area contributed by atoms with Crippen LogP contribution in [0.3, 0.4) is 0 Å². The number of rotatable bonds is 3.